The van der Waals surface area contributed by atoms with Crippen LogP contribution in [0.5, 0.6) is 11.5 Å². The van der Waals surface area contributed by atoms with Gasteiger partial charge in [-0.1, -0.05) is 32.0 Å². The first-order valence-corrected chi connectivity index (χ1v) is 12.4. The molecule has 1 fully saturated rings. The SMILES string of the molecule is [C-]#[N+]c1ccc(O[C@H]2CN(S(=O)(=O)c3ccc(C(F)(F)F)cc3[N+]#[C-])C[C@@]2(O)CO)c(OCC(C)C)c1. The van der Waals surface area contributed by atoms with Crippen molar-refractivity contribution in [2.75, 3.05) is 26.3 Å². The molecule has 0 saturated carbocycles. The minimum absolute atomic E-state index is 0.0977. The van der Waals surface area contributed by atoms with Crippen molar-refractivity contribution >= 4 is 21.4 Å². The third-order valence-corrected chi connectivity index (χ3v) is 7.47. The van der Waals surface area contributed by atoms with Gasteiger partial charge in [0.25, 0.3) is 0 Å². The van der Waals surface area contributed by atoms with Crippen LogP contribution in [0.1, 0.15) is 19.4 Å². The van der Waals surface area contributed by atoms with Crippen LogP contribution in [-0.2, 0) is 16.2 Å². The van der Waals surface area contributed by atoms with Crippen LogP contribution in [0.4, 0.5) is 24.5 Å². The summed E-state index contributed by atoms with van der Waals surface area (Å²) < 4.78 is 78.1. The maximum absolute atomic E-state index is 13.3. The van der Waals surface area contributed by atoms with Gasteiger partial charge in [-0.15, -0.1) is 0 Å². The van der Waals surface area contributed by atoms with Crippen molar-refractivity contribution in [3.63, 3.8) is 0 Å². The van der Waals surface area contributed by atoms with Gasteiger partial charge < -0.3 is 19.7 Å². The topological polar surface area (TPSA) is 105 Å². The highest BCUT2D eigenvalue weighted by molar-refractivity contribution is 7.89. The number of benzene rings is 2. The van der Waals surface area contributed by atoms with Crippen LogP contribution < -0.4 is 9.47 Å². The van der Waals surface area contributed by atoms with E-state index < -0.39 is 63.7 Å². The molecule has 0 unspecified atom stereocenters. The summed E-state index contributed by atoms with van der Waals surface area (Å²) in [6.45, 7) is 16.5. The number of β-amino-alcohol motifs (C(OH)–C–C–N with tert-alkyl or cyclic N) is 1. The van der Waals surface area contributed by atoms with Crippen molar-refractivity contribution in [1.82, 2.24) is 4.31 Å². The van der Waals surface area contributed by atoms with Crippen molar-refractivity contribution in [1.29, 1.82) is 0 Å². The van der Waals surface area contributed by atoms with Crippen LogP contribution in [0.2, 0.25) is 0 Å². The van der Waals surface area contributed by atoms with Gasteiger partial charge in [-0.25, -0.2) is 18.1 Å². The fourth-order valence-corrected chi connectivity index (χ4v) is 5.25. The van der Waals surface area contributed by atoms with E-state index >= 15 is 0 Å². The lowest BCUT2D eigenvalue weighted by Gasteiger charge is -2.28. The van der Waals surface area contributed by atoms with Gasteiger partial charge in [-0.3, -0.25) is 0 Å². The Labute approximate surface area is 212 Å². The second-order valence-corrected chi connectivity index (χ2v) is 10.8. The summed E-state index contributed by atoms with van der Waals surface area (Å²) >= 11 is 0. The molecule has 37 heavy (non-hydrogen) atoms. The predicted molar refractivity (Wildman–Crippen MR) is 126 cm³/mol. The molecule has 2 aromatic rings. The number of sulfonamides is 1. The number of ether oxygens (including phenoxy) is 2. The number of nitrogens with zero attached hydrogens (tertiary/aromatic N) is 3. The summed E-state index contributed by atoms with van der Waals surface area (Å²) in [6, 6.07) is 5.98. The van der Waals surface area contributed by atoms with Gasteiger partial charge in [-0.05, 0) is 24.1 Å². The van der Waals surface area contributed by atoms with Gasteiger partial charge in [0.05, 0.1) is 37.8 Å². The first-order valence-electron chi connectivity index (χ1n) is 11.0. The Morgan fingerprint density at radius 1 is 1.16 bits per heavy atom. The molecule has 0 spiro atoms. The number of alkyl halides is 3. The maximum Gasteiger partial charge on any atom is 0.415 e. The second kappa shape index (κ2) is 10.6. The number of halogens is 3. The monoisotopic (exact) mass is 539 g/mol. The minimum Gasteiger partial charge on any atom is -0.491 e. The summed E-state index contributed by atoms with van der Waals surface area (Å²) in [7, 11) is -4.56. The quantitative estimate of drug-likeness (QED) is 0.491. The lowest BCUT2D eigenvalue weighted by atomic mass is 10.0. The Balaban J connectivity index is 1.95. The van der Waals surface area contributed by atoms with Gasteiger partial charge >= 0.3 is 6.18 Å². The van der Waals surface area contributed by atoms with Gasteiger partial charge in [0.1, 0.15) is 11.7 Å². The summed E-state index contributed by atoms with van der Waals surface area (Å²) in [4.78, 5) is 5.62. The zero-order valence-corrected chi connectivity index (χ0v) is 20.7. The molecule has 13 heteroatoms. The highest BCUT2D eigenvalue weighted by Gasteiger charge is 2.51. The number of rotatable bonds is 8. The summed E-state index contributed by atoms with van der Waals surface area (Å²) in [5, 5.41) is 20.9. The van der Waals surface area contributed by atoms with Gasteiger partial charge in [0, 0.05) is 12.1 Å². The Kier molecular flexibility index (Phi) is 8.05. The van der Waals surface area contributed by atoms with E-state index in [0.717, 1.165) is 4.31 Å². The highest BCUT2D eigenvalue weighted by atomic mass is 32.2. The third kappa shape index (κ3) is 5.97. The molecule has 1 heterocycles. The Morgan fingerprint density at radius 2 is 1.86 bits per heavy atom. The van der Waals surface area contributed by atoms with Crippen LogP contribution in [0.15, 0.2) is 41.3 Å². The molecule has 0 amide bonds. The predicted octanol–water partition coefficient (Wildman–Crippen LogP) is 4.02. The van der Waals surface area contributed by atoms with Crippen LogP contribution >= 0.6 is 0 Å². The van der Waals surface area contributed by atoms with Crippen LogP contribution in [0.3, 0.4) is 0 Å². The molecule has 198 valence electrons. The average molecular weight is 540 g/mol. The Hall–Kier alpha value is -3.36. The maximum atomic E-state index is 13.3. The molecule has 1 aliphatic heterocycles. The van der Waals surface area contributed by atoms with E-state index in [1.807, 2.05) is 13.8 Å². The lowest BCUT2D eigenvalue weighted by Crippen LogP contribution is -2.48. The van der Waals surface area contributed by atoms with Crippen molar-refractivity contribution in [2.24, 2.45) is 5.92 Å². The molecule has 9 nitrogen and oxygen atoms in total. The molecule has 0 bridgehead atoms. The van der Waals surface area contributed by atoms with E-state index in [0.29, 0.717) is 18.2 Å². The summed E-state index contributed by atoms with van der Waals surface area (Å²) in [6.07, 6.45) is -6.08. The molecule has 2 atom stereocenters. The fourth-order valence-electron chi connectivity index (χ4n) is 3.63. The van der Waals surface area contributed by atoms with E-state index in [2.05, 4.69) is 9.69 Å². The van der Waals surface area contributed by atoms with Crippen molar-refractivity contribution in [2.45, 2.75) is 36.6 Å². The number of hydrogen-bond donors (Lipinski definition) is 2. The zero-order chi connectivity index (χ0) is 27.6. The number of hydrogen-bond acceptors (Lipinski definition) is 6. The first kappa shape index (κ1) is 28.2. The smallest absolute Gasteiger partial charge is 0.415 e. The average Bonchev–Trinajstić information content (AvgIpc) is 3.19. The Bertz CT molecular complexity index is 1350. The molecule has 0 radical (unpaired) electrons. The van der Waals surface area contributed by atoms with Gasteiger partial charge in [-0.2, -0.15) is 17.5 Å². The van der Waals surface area contributed by atoms with Gasteiger partial charge in [0.15, 0.2) is 17.2 Å². The largest absolute Gasteiger partial charge is 0.491 e. The van der Waals surface area contributed by atoms with Crippen molar-refractivity contribution < 1.29 is 41.3 Å². The van der Waals surface area contributed by atoms with Crippen molar-refractivity contribution in [3.05, 3.63) is 64.8 Å². The minimum atomic E-state index is -4.77. The summed E-state index contributed by atoms with van der Waals surface area (Å²) in [5.41, 5.74) is -3.73. The van der Waals surface area contributed by atoms with E-state index in [1.165, 1.54) is 18.2 Å². The number of aliphatic hydroxyl groups excluding tert-OH is 1. The van der Waals surface area contributed by atoms with Crippen LogP contribution in [0, 0.1) is 19.1 Å². The standard InChI is InChI=1S/C24H24F3N3O6S/c1-15(2)12-35-20-10-17(28-3)6-7-19(20)36-22-11-30(13-23(22,32)14-31)37(33,34)21-8-5-16(24(25,26)27)9-18(21)29-4/h5-10,15,22,31-32H,11-14H2,1-2H3/t22-,23+/m0/s1. The highest BCUT2D eigenvalue weighted by Crippen LogP contribution is 2.39. The first-order chi connectivity index (χ1) is 17.2. The van der Waals surface area contributed by atoms with Crippen molar-refractivity contribution in [3.8, 4) is 11.5 Å². The normalized spacial score (nSPS) is 20.4. The molecule has 1 saturated heterocycles. The molecule has 3 rings (SSSR count). The molecule has 0 aliphatic carbocycles. The molecule has 2 N–H and O–H groups in total. The van der Waals surface area contributed by atoms with E-state index in [-0.39, 0.29) is 29.7 Å². The Morgan fingerprint density at radius 3 is 2.43 bits per heavy atom. The van der Waals surface area contributed by atoms with E-state index in [1.54, 1.807) is 0 Å². The van der Waals surface area contributed by atoms with E-state index in [4.69, 9.17) is 22.6 Å². The molecule has 0 aromatic heterocycles. The molecular weight excluding hydrogens is 515 g/mol. The third-order valence-electron chi connectivity index (χ3n) is 5.62. The zero-order valence-electron chi connectivity index (χ0n) is 19.9. The molecular formula is C24H24F3N3O6S. The molecule has 1 aliphatic rings. The number of aliphatic hydroxyl groups is 2. The fraction of sp³-hybridized carbons (Fsp3) is 0.417. The van der Waals surface area contributed by atoms with Gasteiger partial charge in [0.2, 0.25) is 15.7 Å². The van der Waals surface area contributed by atoms with Crippen LogP contribution in [0.25, 0.3) is 9.69 Å². The second-order valence-electron chi connectivity index (χ2n) is 8.91. The van der Waals surface area contributed by atoms with Crippen LogP contribution in [-0.4, -0.2) is 60.9 Å². The summed E-state index contributed by atoms with van der Waals surface area (Å²) in [5.74, 6) is 0.411. The lowest BCUT2D eigenvalue weighted by molar-refractivity contribution is -0.137. The van der Waals surface area contributed by atoms with E-state index in [9.17, 15) is 31.8 Å². The molecule has 2 aromatic carbocycles.